The van der Waals surface area contributed by atoms with Crippen molar-refractivity contribution in [3.05, 3.63) is 59.7 Å². The van der Waals surface area contributed by atoms with Crippen LogP contribution in [0.25, 0.3) is 11.1 Å². The van der Waals surface area contributed by atoms with Crippen molar-refractivity contribution in [2.45, 2.75) is 19.3 Å². The minimum atomic E-state index is 0.319. The van der Waals surface area contributed by atoms with E-state index in [0.29, 0.717) is 12.5 Å². The van der Waals surface area contributed by atoms with Crippen molar-refractivity contribution in [1.82, 2.24) is 0 Å². The number of aryl methyl sites for hydroxylation is 1. The SMILES string of the molecule is OCC1CCc2cc(-c3ccccc3)ccc2C1. The quantitative estimate of drug-likeness (QED) is 0.849. The van der Waals surface area contributed by atoms with Crippen LogP contribution >= 0.6 is 0 Å². The lowest BCUT2D eigenvalue weighted by Crippen LogP contribution is -2.17. The second-order valence-corrected chi connectivity index (χ2v) is 5.14. The van der Waals surface area contributed by atoms with Crippen LogP contribution in [-0.2, 0) is 12.8 Å². The Morgan fingerprint density at radius 1 is 0.944 bits per heavy atom. The van der Waals surface area contributed by atoms with E-state index in [1.54, 1.807) is 0 Å². The van der Waals surface area contributed by atoms with Crippen LogP contribution in [0.5, 0.6) is 0 Å². The van der Waals surface area contributed by atoms with Gasteiger partial charge in [0.05, 0.1) is 0 Å². The summed E-state index contributed by atoms with van der Waals surface area (Å²) < 4.78 is 0. The number of aliphatic hydroxyl groups is 1. The molecule has 92 valence electrons. The van der Waals surface area contributed by atoms with Gasteiger partial charge < -0.3 is 5.11 Å². The topological polar surface area (TPSA) is 20.2 Å². The third kappa shape index (κ3) is 2.19. The summed E-state index contributed by atoms with van der Waals surface area (Å²) >= 11 is 0. The van der Waals surface area contributed by atoms with Gasteiger partial charge in [-0.05, 0) is 47.4 Å². The van der Waals surface area contributed by atoms with Crippen LogP contribution < -0.4 is 0 Å². The molecule has 1 nitrogen and oxygen atoms in total. The van der Waals surface area contributed by atoms with E-state index in [-0.39, 0.29) is 0 Å². The van der Waals surface area contributed by atoms with Crippen LogP contribution in [0.15, 0.2) is 48.5 Å². The standard InChI is InChI=1S/C17H18O/c18-12-13-6-7-17-11-16(9-8-15(17)10-13)14-4-2-1-3-5-14/h1-5,8-9,11,13,18H,6-7,10,12H2. The first kappa shape index (κ1) is 11.5. The number of benzene rings is 2. The monoisotopic (exact) mass is 238 g/mol. The van der Waals surface area contributed by atoms with Crippen molar-refractivity contribution < 1.29 is 5.11 Å². The summed E-state index contributed by atoms with van der Waals surface area (Å²) in [6, 6.07) is 17.3. The zero-order valence-corrected chi connectivity index (χ0v) is 10.5. The molecule has 1 unspecified atom stereocenters. The fourth-order valence-electron chi connectivity index (χ4n) is 2.80. The van der Waals surface area contributed by atoms with E-state index in [2.05, 4.69) is 42.5 Å². The van der Waals surface area contributed by atoms with Gasteiger partial charge in [0.1, 0.15) is 0 Å². The summed E-state index contributed by atoms with van der Waals surface area (Å²) in [7, 11) is 0. The van der Waals surface area contributed by atoms with E-state index in [0.717, 1.165) is 19.3 Å². The van der Waals surface area contributed by atoms with Gasteiger partial charge in [0.15, 0.2) is 0 Å². The normalized spacial score (nSPS) is 18.4. The molecule has 0 saturated heterocycles. The Morgan fingerprint density at radius 2 is 1.78 bits per heavy atom. The zero-order chi connectivity index (χ0) is 12.4. The van der Waals surface area contributed by atoms with Crippen molar-refractivity contribution >= 4 is 0 Å². The first-order chi connectivity index (χ1) is 8.86. The number of hydrogen-bond donors (Lipinski definition) is 1. The first-order valence-corrected chi connectivity index (χ1v) is 6.65. The number of rotatable bonds is 2. The second kappa shape index (κ2) is 4.95. The maximum atomic E-state index is 9.25. The largest absolute Gasteiger partial charge is 0.396 e. The van der Waals surface area contributed by atoms with Crippen LogP contribution in [0.4, 0.5) is 0 Å². The minimum Gasteiger partial charge on any atom is -0.396 e. The van der Waals surface area contributed by atoms with Gasteiger partial charge in [0.2, 0.25) is 0 Å². The predicted octanol–water partition coefficient (Wildman–Crippen LogP) is 3.45. The third-order valence-electron chi connectivity index (χ3n) is 3.90. The Morgan fingerprint density at radius 3 is 2.56 bits per heavy atom. The summed E-state index contributed by atoms with van der Waals surface area (Å²) in [6.45, 7) is 0.319. The molecule has 0 spiro atoms. The molecule has 2 aromatic carbocycles. The zero-order valence-electron chi connectivity index (χ0n) is 10.5. The Kier molecular flexibility index (Phi) is 3.16. The van der Waals surface area contributed by atoms with Crippen molar-refractivity contribution in [1.29, 1.82) is 0 Å². The Bertz CT molecular complexity index is 531. The third-order valence-corrected chi connectivity index (χ3v) is 3.90. The van der Waals surface area contributed by atoms with Gasteiger partial charge in [-0.15, -0.1) is 0 Å². The van der Waals surface area contributed by atoms with Gasteiger partial charge >= 0.3 is 0 Å². The van der Waals surface area contributed by atoms with E-state index in [1.165, 1.54) is 22.3 Å². The molecule has 1 aliphatic rings. The maximum Gasteiger partial charge on any atom is 0.0462 e. The number of hydrogen-bond acceptors (Lipinski definition) is 1. The Balaban J connectivity index is 1.93. The summed E-state index contributed by atoms with van der Waals surface area (Å²) in [6.07, 6.45) is 3.24. The van der Waals surface area contributed by atoms with Gasteiger partial charge in [-0.25, -0.2) is 0 Å². The van der Waals surface area contributed by atoms with Crippen LogP contribution in [0, 0.1) is 5.92 Å². The van der Waals surface area contributed by atoms with Crippen LogP contribution in [0.2, 0.25) is 0 Å². The molecule has 0 amide bonds. The molecule has 0 aromatic heterocycles. The van der Waals surface area contributed by atoms with Crippen LogP contribution in [0.3, 0.4) is 0 Å². The summed E-state index contributed by atoms with van der Waals surface area (Å²) in [5.74, 6) is 0.458. The molecule has 18 heavy (non-hydrogen) atoms. The van der Waals surface area contributed by atoms with Gasteiger partial charge in [-0.1, -0.05) is 48.5 Å². The highest BCUT2D eigenvalue weighted by Crippen LogP contribution is 2.29. The van der Waals surface area contributed by atoms with Crippen molar-refractivity contribution in [2.75, 3.05) is 6.61 Å². The van der Waals surface area contributed by atoms with Crippen molar-refractivity contribution in [3.63, 3.8) is 0 Å². The van der Waals surface area contributed by atoms with E-state index in [1.807, 2.05) is 6.07 Å². The average Bonchev–Trinajstić information content (AvgIpc) is 2.47. The smallest absolute Gasteiger partial charge is 0.0462 e. The second-order valence-electron chi connectivity index (χ2n) is 5.14. The highest BCUT2D eigenvalue weighted by molar-refractivity contribution is 5.65. The Hall–Kier alpha value is -1.60. The lowest BCUT2D eigenvalue weighted by molar-refractivity contribution is 0.213. The molecule has 1 N–H and O–H groups in total. The number of fused-ring (bicyclic) bond motifs is 1. The molecule has 1 heteroatoms. The molecule has 0 radical (unpaired) electrons. The molecule has 1 aliphatic carbocycles. The van der Waals surface area contributed by atoms with E-state index in [9.17, 15) is 5.11 Å². The molecule has 1 atom stereocenters. The van der Waals surface area contributed by atoms with Gasteiger partial charge in [-0.2, -0.15) is 0 Å². The molecule has 0 fully saturated rings. The van der Waals surface area contributed by atoms with E-state index in [4.69, 9.17) is 0 Å². The van der Waals surface area contributed by atoms with E-state index >= 15 is 0 Å². The van der Waals surface area contributed by atoms with Gasteiger partial charge in [0, 0.05) is 6.61 Å². The fraction of sp³-hybridized carbons (Fsp3) is 0.294. The highest BCUT2D eigenvalue weighted by atomic mass is 16.3. The van der Waals surface area contributed by atoms with E-state index < -0.39 is 0 Å². The highest BCUT2D eigenvalue weighted by Gasteiger charge is 2.18. The summed E-state index contributed by atoms with van der Waals surface area (Å²) in [5, 5.41) is 9.25. The predicted molar refractivity (Wildman–Crippen MR) is 74.5 cm³/mol. The summed E-state index contributed by atoms with van der Waals surface area (Å²) in [5.41, 5.74) is 5.46. The average molecular weight is 238 g/mol. The molecule has 0 aliphatic heterocycles. The molecule has 0 heterocycles. The lowest BCUT2D eigenvalue weighted by Gasteiger charge is -2.23. The maximum absolute atomic E-state index is 9.25. The van der Waals surface area contributed by atoms with Crippen LogP contribution in [-0.4, -0.2) is 11.7 Å². The molecule has 3 rings (SSSR count). The van der Waals surface area contributed by atoms with Gasteiger partial charge in [0.25, 0.3) is 0 Å². The van der Waals surface area contributed by atoms with Crippen molar-refractivity contribution in [2.24, 2.45) is 5.92 Å². The molecular weight excluding hydrogens is 220 g/mol. The fourth-order valence-corrected chi connectivity index (χ4v) is 2.80. The molecule has 0 bridgehead atoms. The Labute approximate surface area is 108 Å². The molecule has 2 aromatic rings. The molecule has 0 saturated carbocycles. The first-order valence-electron chi connectivity index (χ1n) is 6.65. The minimum absolute atomic E-state index is 0.319. The number of aliphatic hydroxyl groups excluding tert-OH is 1. The van der Waals surface area contributed by atoms with Gasteiger partial charge in [-0.3, -0.25) is 0 Å². The van der Waals surface area contributed by atoms with Crippen LogP contribution in [0.1, 0.15) is 17.5 Å². The summed E-state index contributed by atoms with van der Waals surface area (Å²) in [4.78, 5) is 0. The lowest BCUT2D eigenvalue weighted by atomic mass is 9.83. The van der Waals surface area contributed by atoms with Crippen molar-refractivity contribution in [3.8, 4) is 11.1 Å². The molecular formula is C17H18O.